The van der Waals surface area contributed by atoms with E-state index in [1.54, 1.807) is 6.20 Å². The Labute approximate surface area is 178 Å². The molecule has 2 heterocycles. The van der Waals surface area contributed by atoms with Crippen molar-refractivity contribution in [3.05, 3.63) is 77.7 Å². The van der Waals surface area contributed by atoms with E-state index >= 15 is 0 Å². The lowest BCUT2D eigenvalue weighted by atomic mass is 10.0. The maximum atomic E-state index is 13.0. The molecule has 0 aliphatic rings. The molecule has 1 N–H and O–H groups in total. The SMILES string of the molecule is CC(C)Oc1ccc(-c2ccc(CCNC(=O)c3cccnc3C(F)(F)F)cc2)cn1. The van der Waals surface area contributed by atoms with Crippen molar-refractivity contribution in [3.8, 4) is 17.0 Å². The van der Waals surface area contributed by atoms with E-state index in [1.807, 2.05) is 50.2 Å². The van der Waals surface area contributed by atoms with Crippen LogP contribution < -0.4 is 10.1 Å². The van der Waals surface area contributed by atoms with Gasteiger partial charge in [0.15, 0.2) is 5.69 Å². The zero-order valence-corrected chi connectivity index (χ0v) is 17.1. The largest absolute Gasteiger partial charge is 0.475 e. The molecule has 0 radical (unpaired) electrons. The van der Waals surface area contributed by atoms with E-state index in [2.05, 4.69) is 15.3 Å². The van der Waals surface area contributed by atoms with Crippen LogP contribution in [-0.2, 0) is 12.6 Å². The number of alkyl halides is 3. The van der Waals surface area contributed by atoms with Crippen molar-refractivity contribution in [1.29, 1.82) is 0 Å². The number of carbonyl (C=O) groups is 1. The summed E-state index contributed by atoms with van der Waals surface area (Å²) in [6.07, 6.45) is -1.40. The number of ether oxygens (including phenoxy) is 1. The summed E-state index contributed by atoms with van der Waals surface area (Å²) in [6.45, 7) is 4.07. The predicted molar refractivity (Wildman–Crippen MR) is 111 cm³/mol. The van der Waals surface area contributed by atoms with Crippen molar-refractivity contribution in [2.45, 2.75) is 32.5 Å². The number of rotatable bonds is 7. The van der Waals surface area contributed by atoms with Gasteiger partial charge >= 0.3 is 6.18 Å². The number of hydrogen-bond donors (Lipinski definition) is 1. The van der Waals surface area contributed by atoms with E-state index in [9.17, 15) is 18.0 Å². The first kappa shape index (κ1) is 22.3. The number of carbonyl (C=O) groups excluding carboxylic acids is 1. The highest BCUT2D eigenvalue weighted by molar-refractivity contribution is 5.95. The maximum absolute atomic E-state index is 13.0. The van der Waals surface area contributed by atoms with Gasteiger partial charge in [-0.15, -0.1) is 0 Å². The van der Waals surface area contributed by atoms with Gasteiger partial charge in [0.1, 0.15) is 0 Å². The molecule has 5 nitrogen and oxygen atoms in total. The molecule has 0 saturated heterocycles. The Morgan fingerprint density at radius 1 is 1.03 bits per heavy atom. The lowest BCUT2D eigenvalue weighted by Gasteiger charge is -2.12. The summed E-state index contributed by atoms with van der Waals surface area (Å²) in [5.74, 6) is -0.236. The Balaban J connectivity index is 1.57. The average molecular weight is 429 g/mol. The van der Waals surface area contributed by atoms with Gasteiger partial charge in [0, 0.05) is 30.6 Å². The third-order valence-electron chi connectivity index (χ3n) is 4.40. The van der Waals surface area contributed by atoms with Crippen LogP contribution in [0.1, 0.15) is 35.5 Å². The molecule has 3 rings (SSSR count). The summed E-state index contributed by atoms with van der Waals surface area (Å²) in [6, 6.07) is 13.8. The van der Waals surface area contributed by atoms with E-state index in [0.717, 1.165) is 29.0 Å². The van der Waals surface area contributed by atoms with Crippen LogP contribution in [-0.4, -0.2) is 28.5 Å². The molecule has 0 bridgehead atoms. The van der Waals surface area contributed by atoms with Gasteiger partial charge in [-0.3, -0.25) is 9.78 Å². The van der Waals surface area contributed by atoms with Gasteiger partial charge in [-0.25, -0.2) is 4.98 Å². The highest BCUT2D eigenvalue weighted by Gasteiger charge is 2.36. The van der Waals surface area contributed by atoms with Gasteiger partial charge in [-0.05, 0) is 49.6 Å². The van der Waals surface area contributed by atoms with Gasteiger partial charge in [-0.1, -0.05) is 24.3 Å². The van der Waals surface area contributed by atoms with Crippen LogP contribution in [0.4, 0.5) is 13.2 Å². The van der Waals surface area contributed by atoms with Crippen LogP contribution in [0.15, 0.2) is 60.9 Å². The summed E-state index contributed by atoms with van der Waals surface area (Å²) in [7, 11) is 0. The molecular weight excluding hydrogens is 407 g/mol. The number of amides is 1. The Morgan fingerprint density at radius 3 is 2.35 bits per heavy atom. The van der Waals surface area contributed by atoms with Crippen LogP contribution in [0.5, 0.6) is 5.88 Å². The molecule has 0 unspecified atom stereocenters. The standard InChI is InChI=1S/C23H22F3N3O2/c1-15(2)31-20-10-9-18(14-29-20)17-7-5-16(6-8-17)11-13-28-22(30)19-4-3-12-27-21(19)23(24,25)26/h3-10,12,14-15H,11,13H2,1-2H3,(H,28,30). The predicted octanol–water partition coefficient (Wildman–Crippen LogP) is 4.92. The molecular formula is C23H22F3N3O2. The fourth-order valence-corrected chi connectivity index (χ4v) is 2.96. The van der Waals surface area contributed by atoms with E-state index in [0.29, 0.717) is 12.3 Å². The van der Waals surface area contributed by atoms with Crippen LogP contribution in [0.3, 0.4) is 0 Å². The quantitative estimate of drug-likeness (QED) is 0.579. The summed E-state index contributed by atoms with van der Waals surface area (Å²) >= 11 is 0. The number of benzene rings is 1. The number of halogens is 3. The van der Waals surface area contributed by atoms with Gasteiger partial charge in [0.2, 0.25) is 5.88 Å². The maximum Gasteiger partial charge on any atom is 0.434 e. The first-order chi connectivity index (χ1) is 14.7. The smallest absolute Gasteiger partial charge is 0.434 e. The topological polar surface area (TPSA) is 64.1 Å². The second-order valence-electron chi connectivity index (χ2n) is 7.15. The summed E-state index contributed by atoms with van der Waals surface area (Å²) in [5.41, 5.74) is 1.19. The Hall–Kier alpha value is -3.42. The van der Waals surface area contributed by atoms with Crippen LogP contribution in [0, 0.1) is 0 Å². The molecule has 1 amide bonds. The average Bonchev–Trinajstić information content (AvgIpc) is 2.74. The van der Waals surface area contributed by atoms with Crippen molar-refractivity contribution in [3.63, 3.8) is 0 Å². The second-order valence-corrected chi connectivity index (χ2v) is 7.15. The molecule has 8 heteroatoms. The molecule has 0 spiro atoms. The molecule has 0 saturated carbocycles. The highest BCUT2D eigenvalue weighted by atomic mass is 19.4. The third kappa shape index (κ3) is 6.04. The van der Waals surface area contributed by atoms with Gasteiger partial charge in [0.25, 0.3) is 5.91 Å². The molecule has 31 heavy (non-hydrogen) atoms. The number of nitrogens with one attached hydrogen (secondary N) is 1. The van der Waals surface area contributed by atoms with Gasteiger partial charge < -0.3 is 10.1 Å². The minimum absolute atomic E-state index is 0.0522. The minimum atomic E-state index is -4.68. The number of nitrogens with zero attached hydrogens (tertiary/aromatic N) is 2. The normalized spacial score (nSPS) is 11.4. The highest BCUT2D eigenvalue weighted by Crippen LogP contribution is 2.30. The molecule has 0 fully saturated rings. The summed E-state index contributed by atoms with van der Waals surface area (Å²) < 4.78 is 44.5. The van der Waals surface area contributed by atoms with Crippen LogP contribution in [0.2, 0.25) is 0 Å². The third-order valence-corrected chi connectivity index (χ3v) is 4.40. The van der Waals surface area contributed by atoms with E-state index in [-0.39, 0.29) is 12.6 Å². The van der Waals surface area contributed by atoms with Crippen molar-refractivity contribution < 1.29 is 22.7 Å². The van der Waals surface area contributed by atoms with E-state index in [1.165, 1.54) is 6.07 Å². The second kappa shape index (κ2) is 9.59. The van der Waals surface area contributed by atoms with Gasteiger partial charge in [0.05, 0.1) is 11.7 Å². The fraction of sp³-hybridized carbons (Fsp3) is 0.261. The Morgan fingerprint density at radius 2 is 1.74 bits per heavy atom. The Bertz CT molecular complexity index is 1020. The zero-order chi connectivity index (χ0) is 22.4. The molecule has 3 aromatic rings. The lowest BCUT2D eigenvalue weighted by molar-refractivity contribution is -0.141. The van der Waals surface area contributed by atoms with Gasteiger partial charge in [-0.2, -0.15) is 13.2 Å². The lowest BCUT2D eigenvalue weighted by Crippen LogP contribution is -2.28. The zero-order valence-electron chi connectivity index (χ0n) is 17.1. The Kier molecular flexibility index (Phi) is 6.89. The van der Waals surface area contributed by atoms with Crippen molar-refractivity contribution in [2.75, 3.05) is 6.54 Å². The summed E-state index contributed by atoms with van der Waals surface area (Å²) in [4.78, 5) is 19.7. The van der Waals surface area contributed by atoms with Crippen molar-refractivity contribution in [1.82, 2.24) is 15.3 Å². The fourth-order valence-electron chi connectivity index (χ4n) is 2.96. The summed E-state index contributed by atoms with van der Waals surface area (Å²) in [5, 5.41) is 2.53. The van der Waals surface area contributed by atoms with Crippen LogP contribution >= 0.6 is 0 Å². The molecule has 1 aromatic carbocycles. The van der Waals surface area contributed by atoms with E-state index < -0.39 is 23.3 Å². The van der Waals surface area contributed by atoms with E-state index in [4.69, 9.17) is 4.74 Å². The molecule has 2 aromatic heterocycles. The first-order valence-corrected chi connectivity index (χ1v) is 9.76. The minimum Gasteiger partial charge on any atom is -0.475 e. The molecule has 0 atom stereocenters. The molecule has 0 aliphatic heterocycles. The molecule has 162 valence electrons. The number of pyridine rings is 2. The number of aromatic nitrogens is 2. The monoisotopic (exact) mass is 429 g/mol. The number of hydrogen-bond acceptors (Lipinski definition) is 4. The van der Waals surface area contributed by atoms with Crippen LogP contribution in [0.25, 0.3) is 11.1 Å². The molecule has 0 aliphatic carbocycles. The first-order valence-electron chi connectivity index (χ1n) is 9.76. The van der Waals surface area contributed by atoms with Crippen molar-refractivity contribution >= 4 is 5.91 Å². The van der Waals surface area contributed by atoms with Crippen molar-refractivity contribution in [2.24, 2.45) is 0 Å².